The van der Waals surface area contributed by atoms with Gasteiger partial charge in [0.15, 0.2) is 0 Å². The maximum Gasteiger partial charge on any atom is 0.221 e. The molecule has 1 aliphatic carbocycles. The molecule has 0 aromatic rings. The van der Waals surface area contributed by atoms with Gasteiger partial charge in [-0.15, -0.1) is 0 Å². The minimum atomic E-state index is 0.0980. The van der Waals surface area contributed by atoms with Gasteiger partial charge in [0.25, 0.3) is 0 Å². The Morgan fingerprint density at radius 2 is 2.25 bits per heavy atom. The minimum absolute atomic E-state index is 0.0980. The molecule has 0 saturated heterocycles. The third-order valence-electron chi connectivity index (χ3n) is 3.01. The Morgan fingerprint density at radius 1 is 1.44 bits per heavy atom. The third-order valence-corrected chi connectivity index (χ3v) is 3.01. The second-order valence-corrected chi connectivity index (χ2v) is 4.33. The summed E-state index contributed by atoms with van der Waals surface area (Å²) in [5, 5.41) is 15.0. The van der Waals surface area contributed by atoms with Crippen molar-refractivity contribution in [3.05, 3.63) is 0 Å². The lowest BCUT2D eigenvalue weighted by Gasteiger charge is -2.15. The van der Waals surface area contributed by atoms with Gasteiger partial charge in [-0.3, -0.25) is 4.79 Å². The van der Waals surface area contributed by atoms with Crippen LogP contribution in [0.25, 0.3) is 0 Å². The average molecular weight is 223 g/mol. The van der Waals surface area contributed by atoms with Crippen LogP contribution in [0.3, 0.4) is 0 Å². The van der Waals surface area contributed by atoms with Gasteiger partial charge in [-0.1, -0.05) is 13.3 Å². The zero-order chi connectivity index (χ0) is 11.8. The van der Waals surface area contributed by atoms with E-state index >= 15 is 0 Å². The second-order valence-electron chi connectivity index (χ2n) is 4.33. The summed E-state index contributed by atoms with van der Waals surface area (Å²) in [6, 6.07) is 2.62. The highest BCUT2D eigenvalue weighted by Crippen LogP contribution is 2.24. The van der Waals surface area contributed by atoms with E-state index in [1.807, 2.05) is 6.92 Å². The molecule has 0 spiro atoms. The van der Waals surface area contributed by atoms with Gasteiger partial charge in [0, 0.05) is 25.6 Å². The molecule has 1 amide bonds. The van der Waals surface area contributed by atoms with Crippen molar-refractivity contribution >= 4 is 5.91 Å². The van der Waals surface area contributed by atoms with E-state index in [1.165, 1.54) is 0 Å². The van der Waals surface area contributed by atoms with Gasteiger partial charge in [0.05, 0.1) is 12.0 Å². The molecule has 2 N–H and O–H groups in total. The quantitative estimate of drug-likeness (QED) is 0.710. The molecule has 0 aromatic carbocycles. The summed E-state index contributed by atoms with van der Waals surface area (Å²) in [4.78, 5) is 11.3. The topological polar surface area (TPSA) is 64.9 Å². The molecule has 2 atom stereocenters. The fourth-order valence-corrected chi connectivity index (χ4v) is 2.08. The average Bonchev–Trinajstić information content (AvgIpc) is 2.74. The van der Waals surface area contributed by atoms with E-state index in [-0.39, 0.29) is 11.8 Å². The van der Waals surface area contributed by atoms with Crippen molar-refractivity contribution in [1.29, 1.82) is 5.26 Å². The highest BCUT2D eigenvalue weighted by atomic mass is 16.1. The Bertz CT molecular complexity index is 259. The molecule has 1 aliphatic rings. The Kier molecular flexibility index (Phi) is 5.87. The Hall–Kier alpha value is -1.08. The maximum atomic E-state index is 11.3. The molecular weight excluding hydrogens is 202 g/mol. The smallest absolute Gasteiger partial charge is 0.221 e. The summed E-state index contributed by atoms with van der Waals surface area (Å²) < 4.78 is 0. The highest BCUT2D eigenvalue weighted by molar-refractivity contribution is 5.75. The zero-order valence-electron chi connectivity index (χ0n) is 9.96. The second kappa shape index (κ2) is 7.24. The summed E-state index contributed by atoms with van der Waals surface area (Å²) in [5.74, 6) is 0.236. The lowest BCUT2D eigenvalue weighted by molar-refractivity contribution is -0.121. The van der Waals surface area contributed by atoms with Crippen LogP contribution >= 0.6 is 0 Å². The van der Waals surface area contributed by atoms with Crippen molar-refractivity contribution in [2.24, 2.45) is 5.92 Å². The lowest BCUT2D eigenvalue weighted by Crippen LogP contribution is -2.35. The number of nitrogens with one attached hydrogen (secondary N) is 2. The Balaban J connectivity index is 2.11. The van der Waals surface area contributed by atoms with Crippen LogP contribution < -0.4 is 10.6 Å². The fraction of sp³-hybridized carbons (Fsp3) is 0.833. The van der Waals surface area contributed by atoms with Crippen LogP contribution in [0.15, 0.2) is 0 Å². The molecule has 1 fully saturated rings. The van der Waals surface area contributed by atoms with E-state index in [2.05, 4.69) is 16.7 Å². The standard InChI is InChI=1S/C12H21N3O/c1-2-7-15-12(16)6-8-14-11-5-3-4-10(11)9-13/h10-11,14H,2-8H2,1H3,(H,15,16). The van der Waals surface area contributed by atoms with Crippen LogP contribution in [0.4, 0.5) is 0 Å². The SMILES string of the molecule is CCCNC(=O)CCNC1CCCC1C#N. The van der Waals surface area contributed by atoms with Gasteiger partial charge in [0.1, 0.15) is 0 Å². The molecule has 0 bridgehead atoms. The van der Waals surface area contributed by atoms with Crippen LogP contribution in [0.5, 0.6) is 0 Å². The van der Waals surface area contributed by atoms with Crippen molar-refractivity contribution < 1.29 is 4.79 Å². The first-order valence-electron chi connectivity index (χ1n) is 6.17. The van der Waals surface area contributed by atoms with Gasteiger partial charge in [-0.05, 0) is 19.3 Å². The van der Waals surface area contributed by atoms with Crippen molar-refractivity contribution in [3.8, 4) is 6.07 Å². The Morgan fingerprint density at radius 3 is 2.94 bits per heavy atom. The molecule has 0 aromatic heterocycles. The third kappa shape index (κ3) is 4.19. The van der Waals surface area contributed by atoms with Crippen LogP contribution in [0.2, 0.25) is 0 Å². The first-order chi connectivity index (χ1) is 7.77. The largest absolute Gasteiger partial charge is 0.356 e. The molecule has 16 heavy (non-hydrogen) atoms. The molecule has 1 saturated carbocycles. The van der Waals surface area contributed by atoms with E-state index in [4.69, 9.17) is 5.26 Å². The number of hydrogen-bond donors (Lipinski definition) is 2. The lowest BCUT2D eigenvalue weighted by atomic mass is 10.1. The van der Waals surface area contributed by atoms with Gasteiger partial charge in [-0.2, -0.15) is 5.26 Å². The number of rotatable bonds is 6. The normalized spacial score (nSPS) is 24.0. The molecule has 4 nitrogen and oxygen atoms in total. The van der Waals surface area contributed by atoms with Gasteiger partial charge in [-0.25, -0.2) is 0 Å². The summed E-state index contributed by atoms with van der Waals surface area (Å²) in [6.07, 6.45) is 4.66. The fourth-order valence-electron chi connectivity index (χ4n) is 2.08. The van der Waals surface area contributed by atoms with Gasteiger partial charge >= 0.3 is 0 Å². The summed E-state index contributed by atoms with van der Waals surface area (Å²) in [6.45, 7) is 3.47. The molecule has 0 radical (unpaired) electrons. The van der Waals surface area contributed by atoms with Crippen molar-refractivity contribution in [2.75, 3.05) is 13.1 Å². The van der Waals surface area contributed by atoms with E-state index < -0.39 is 0 Å². The first kappa shape index (κ1) is 13.0. The maximum absolute atomic E-state index is 11.3. The van der Waals surface area contributed by atoms with Crippen LogP contribution in [0, 0.1) is 17.2 Å². The number of carbonyl (C=O) groups is 1. The van der Waals surface area contributed by atoms with Gasteiger partial charge in [0.2, 0.25) is 5.91 Å². The summed E-state index contributed by atoms with van der Waals surface area (Å²) in [5.41, 5.74) is 0. The number of amides is 1. The van der Waals surface area contributed by atoms with Crippen molar-refractivity contribution in [1.82, 2.24) is 10.6 Å². The minimum Gasteiger partial charge on any atom is -0.356 e. The molecule has 90 valence electrons. The molecule has 1 rings (SSSR count). The monoisotopic (exact) mass is 223 g/mol. The van der Waals surface area contributed by atoms with Crippen LogP contribution in [-0.4, -0.2) is 25.0 Å². The number of nitriles is 1. The van der Waals surface area contributed by atoms with Crippen LogP contribution in [0.1, 0.15) is 39.0 Å². The number of nitrogens with zero attached hydrogens (tertiary/aromatic N) is 1. The molecule has 0 heterocycles. The van der Waals surface area contributed by atoms with Crippen LogP contribution in [-0.2, 0) is 4.79 Å². The van der Waals surface area contributed by atoms with E-state index in [0.29, 0.717) is 19.0 Å². The van der Waals surface area contributed by atoms with Crippen molar-refractivity contribution in [2.45, 2.75) is 45.1 Å². The van der Waals surface area contributed by atoms with Crippen molar-refractivity contribution in [3.63, 3.8) is 0 Å². The van der Waals surface area contributed by atoms with E-state index in [1.54, 1.807) is 0 Å². The summed E-state index contributed by atoms with van der Waals surface area (Å²) in [7, 11) is 0. The molecule has 4 heteroatoms. The Labute approximate surface area is 97.4 Å². The number of hydrogen-bond acceptors (Lipinski definition) is 3. The number of carbonyl (C=O) groups excluding carboxylic acids is 1. The molecule has 2 unspecified atom stereocenters. The predicted octanol–water partition coefficient (Wildman–Crippen LogP) is 1.18. The molecule has 0 aliphatic heterocycles. The predicted molar refractivity (Wildman–Crippen MR) is 62.7 cm³/mol. The highest BCUT2D eigenvalue weighted by Gasteiger charge is 2.26. The molecular formula is C12H21N3O. The van der Waals surface area contributed by atoms with E-state index in [0.717, 1.165) is 32.2 Å². The zero-order valence-corrected chi connectivity index (χ0v) is 9.96. The van der Waals surface area contributed by atoms with Gasteiger partial charge < -0.3 is 10.6 Å². The first-order valence-corrected chi connectivity index (χ1v) is 6.17. The van der Waals surface area contributed by atoms with E-state index in [9.17, 15) is 4.79 Å². The summed E-state index contributed by atoms with van der Waals surface area (Å²) >= 11 is 0.